The zero-order chi connectivity index (χ0) is 9.68. The Morgan fingerprint density at radius 2 is 2.00 bits per heavy atom. The van der Waals surface area contributed by atoms with Crippen molar-refractivity contribution in [1.29, 1.82) is 0 Å². The molecule has 0 saturated heterocycles. The summed E-state index contributed by atoms with van der Waals surface area (Å²) in [5.74, 6) is -1.04. The van der Waals surface area contributed by atoms with Gasteiger partial charge in [0.15, 0.2) is 5.71 Å². The SMILES string of the molecule is CNN=C(C(=O)O)c1ccccc1. The summed E-state index contributed by atoms with van der Waals surface area (Å²) in [6, 6.07) is 8.75. The second-order valence-electron chi connectivity index (χ2n) is 2.36. The normalized spacial score (nSPS) is 11.0. The van der Waals surface area contributed by atoms with Gasteiger partial charge in [-0.3, -0.25) is 0 Å². The number of aliphatic carboxylic acids is 1. The second kappa shape index (κ2) is 4.25. The minimum atomic E-state index is -1.04. The van der Waals surface area contributed by atoms with Crippen molar-refractivity contribution < 1.29 is 9.90 Å². The Labute approximate surface area is 75.9 Å². The molecule has 2 N–H and O–H groups in total. The lowest BCUT2D eigenvalue weighted by Crippen LogP contribution is -2.17. The molecule has 4 heteroatoms. The molecule has 0 bridgehead atoms. The fraction of sp³-hybridized carbons (Fsp3) is 0.111. The van der Waals surface area contributed by atoms with E-state index in [1.807, 2.05) is 6.07 Å². The molecule has 1 rings (SSSR count). The zero-order valence-electron chi connectivity index (χ0n) is 7.19. The lowest BCUT2D eigenvalue weighted by Gasteiger charge is -1.99. The maximum Gasteiger partial charge on any atom is 0.356 e. The van der Waals surface area contributed by atoms with E-state index in [1.54, 1.807) is 31.3 Å². The fourth-order valence-corrected chi connectivity index (χ4v) is 0.944. The van der Waals surface area contributed by atoms with Gasteiger partial charge in [-0.2, -0.15) is 5.10 Å². The summed E-state index contributed by atoms with van der Waals surface area (Å²) >= 11 is 0. The van der Waals surface area contributed by atoms with E-state index in [0.717, 1.165) is 0 Å². The van der Waals surface area contributed by atoms with Crippen molar-refractivity contribution in [2.45, 2.75) is 0 Å². The molecule has 0 spiro atoms. The summed E-state index contributed by atoms with van der Waals surface area (Å²) in [6.07, 6.45) is 0. The summed E-state index contributed by atoms with van der Waals surface area (Å²) in [7, 11) is 1.56. The smallest absolute Gasteiger partial charge is 0.356 e. The number of nitrogens with one attached hydrogen (secondary N) is 1. The highest BCUT2D eigenvalue weighted by molar-refractivity contribution is 6.42. The third kappa shape index (κ3) is 2.30. The third-order valence-corrected chi connectivity index (χ3v) is 1.47. The van der Waals surface area contributed by atoms with Gasteiger partial charge in [-0.05, 0) is 0 Å². The van der Waals surface area contributed by atoms with Gasteiger partial charge in [-0.1, -0.05) is 30.3 Å². The van der Waals surface area contributed by atoms with Crippen molar-refractivity contribution in [3.8, 4) is 0 Å². The van der Waals surface area contributed by atoms with E-state index in [9.17, 15) is 4.79 Å². The van der Waals surface area contributed by atoms with E-state index < -0.39 is 5.97 Å². The van der Waals surface area contributed by atoms with E-state index in [4.69, 9.17) is 5.11 Å². The predicted molar refractivity (Wildman–Crippen MR) is 49.7 cm³/mol. The molecule has 0 aliphatic rings. The molecule has 4 nitrogen and oxygen atoms in total. The van der Waals surface area contributed by atoms with Crippen LogP contribution in [-0.2, 0) is 4.79 Å². The van der Waals surface area contributed by atoms with Crippen LogP contribution in [0.5, 0.6) is 0 Å². The molecule has 1 aromatic carbocycles. The van der Waals surface area contributed by atoms with Crippen molar-refractivity contribution in [2.75, 3.05) is 7.05 Å². The van der Waals surface area contributed by atoms with Crippen LogP contribution in [0, 0.1) is 0 Å². The first-order valence-corrected chi connectivity index (χ1v) is 3.79. The molecule has 13 heavy (non-hydrogen) atoms. The molecule has 0 aromatic heterocycles. The van der Waals surface area contributed by atoms with Gasteiger partial charge in [0.05, 0.1) is 0 Å². The van der Waals surface area contributed by atoms with E-state index in [0.29, 0.717) is 5.56 Å². The highest BCUT2D eigenvalue weighted by Gasteiger charge is 2.10. The molecule has 1 aromatic rings. The van der Waals surface area contributed by atoms with Gasteiger partial charge in [0.25, 0.3) is 0 Å². The number of hydrogen-bond donors (Lipinski definition) is 2. The molecule has 0 heterocycles. The van der Waals surface area contributed by atoms with Gasteiger partial charge in [-0.25, -0.2) is 4.79 Å². The summed E-state index contributed by atoms with van der Waals surface area (Å²) in [6.45, 7) is 0. The molecule has 0 atom stereocenters. The maximum absolute atomic E-state index is 10.7. The van der Waals surface area contributed by atoms with Crippen LogP contribution in [0.3, 0.4) is 0 Å². The second-order valence-corrected chi connectivity index (χ2v) is 2.36. The number of benzene rings is 1. The summed E-state index contributed by atoms with van der Waals surface area (Å²) in [5.41, 5.74) is 3.06. The Kier molecular flexibility index (Phi) is 3.03. The Hall–Kier alpha value is -1.84. The number of hydrazone groups is 1. The Morgan fingerprint density at radius 3 is 2.46 bits per heavy atom. The summed E-state index contributed by atoms with van der Waals surface area (Å²) in [4.78, 5) is 10.7. The maximum atomic E-state index is 10.7. The number of carboxylic acids is 1. The number of carboxylic acid groups (broad SMARTS) is 1. The van der Waals surface area contributed by atoms with Crippen LogP contribution in [0.1, 0.15) is 5.56 Å². The van der Waals surface area contributed by atoms with Crippen LogP contribution in [-0.4, -0.2) is 23.8 Å². The topological polar surface area (TPSA) is 61.7 Å². The summed E-state index contributed by atoms with van der Waals surface area (Å²) in [5, 5.41) is 12.4. The van der Waals surface area contributed by atoms with Crippen molar-refractivity contribution in [2.24, 2.45) is 5.10 Å². The fourth-order valence-electron chi connectivity index (χ4n) is 0.944. The van der Waals surface area contributed by atoms with Gasteiger partial charge in [0, 0.05) is 12.6 Å². The van der Waals surface area contributed by atoms with Crippen LogP contribution in [0.25, 0.3) is 0 Å². The molecule has 0 saturated carbocycles. The number of nitrogens with zero attached hydrogens (tertiary/aromatic N) is 1. The van der Waals surface area contributed by atoms with E-state index in [-0.39, 0.29) is 5.71 Å². The molecular formula is C9H10N2O2. The molecule has 0 radical (unpaired) electrons. The van der Waals surface area contributed by atoms with Crippen molar-refractivity contribution in [3.05, 3.63) is 35.9 Å². The molecule has 0 fully saturated rings. The molecule has 68 valence electrons. The Bertz CT molecular complexity index is 320. The molecule has 0 amide bonds. The predicted octanol–water partition coefficient (Wildman–Crippen LogP) is 0.695. The first-order chi connectivity index (χ1) is 6.25. The largest absolute Gasteiger partial charge is 0.476 e. The third-order valence-electron chi connectivity index (χ3n) is 1.47. The Balaban J connectivity index is 3.03. The number of carbonyl (C=O) groups is 1. The van der Waals surface area contributed by atoms with Crippen molar-refractivity contribution >= 4 is 11.7 Å². The highest BCUT2D eigenvalue weighted by Crippen LogP contribution is 2.00. The first-order valence-electron chi connectivity index (χ1n) is 3.79. The van der Waals surface area contributed by atoms with Crippen LogP contribution < -0.4 is 5.43 Å². The van der Waals surface area contributed by atoms with Gasteiger partial charge < -0.3 is 10.5 Å². The van der Waals surface area contributed by atoms with Crippen molar-refractivity contribution in [3.63, 3.8) is 0 Å². The highest BCUT2D eigenvalue weighted by atomic mass is 16.4. The molecule has 0 aliphatic heterocycles. The van der Waals surface area contributed by atoms with Gasteiger partial charge in [0.2, 0.25) is 0 Å². The number of rotatable bonds is 3. The van der Waals surface area contributed by atoms with Gasteiger partial charge in [0.1, 0.15) is 0 Å². The van der Waals surface area contributed by atoms with Gasteiger partial charge >= 0.3 is 5.97 Å². The van der Waals surface area contributed by atoms with Crippen LogP contribution >= 0.6 is 0 Å². The van der Waals surface area contributed by atoms with E-state index in [1.165, 1.54) is 0 Å². The molecule has 0 unspecified atom stereocenters. The summed E-state index contributed by atoms with van der Waals surface area (Å²) < 4.78 is 0. The standard InChI is InChI=1S/C9H10N2O2/c1-10-11-8(9(12)13)7-5-3-2-4-6-7/h2-6,10H,1H3,(H,12,13). The average molecular weight is 178 g/mol. The lowest BCUT2D eigenvalue weighted by molar-refractivity contribution is -0.129. The quantitative estimate of drug-likeness (QED) is 0.529. The van der Waals surface area contributed by atoms with Crippen LogP contribution in [0.15, 0.2) is 35.4 Å². The monoisotopic (exact) mass is 178 g/mol. The van der Waals surface area contributed by atoms with E-state index >= 15 is 0 Å². The van der Waals surface area contributed by atoms with Crippen LogP contribution in [0.2, 0.25) is 0 Å². The molecular weight excluding hydrogens is 168 g/mol. The molecule has 0 aliphatic carbocycles. The number of hydrogen-bond acceptors (Lipinski definition) is 3. The van der Waals surface area contributed by atoms with Crippen LogP contribution in [0.4, 0.5) is 0 Å². The first kappa shape index (κ1) is 9.25. The minimum Gasteiger partial charge on any atom is -0.476 e. The van der Waals surface area contributed by atoms with Gasteiger partial charge in [-0.15, -0.1) is 0 Å². The average Bonchev–Trinajstić information content (AvgIpc) is 2.15. The zero-order valence-corrected chi connectivity index (χ0v) is 7.19. The van der Waals surface area contributed by atoms with E-state index in [2.05, 4.69) is 10.5 Å². The lowest BCUT2D eigenvalue weighted by atomic mass is 10.1. The minimum absolute atomic E-state index is 0.0168. The van der Waals surface area contributed by atoms with Crippen molar-refractivity contribution in [1.82, 2.24) is 5.43 Å². The Morgan fingerprint density at radius 1 is 1.38 bits per heavy atom.